The Labute approximate surface area is 246 Å². The Balaban J connectivity index is 1.18. The van der Waals surface area contributed by atoms with Gasteiger partial charge < -0.3 is 24.5 Å². The molecule has 2 amide bonds. The van der Waals surface area contributed by atoms with Gasteiger partial charge in [0.05, 0.1) is 31.4 Å². The molecule has 0 saturated heterocycles. The molecular formula is C32H39N7O3. The predicted octanol–water partition coefficient (Wildman–Crippen LogP) is 3.29. The van der Waals surface area contributed by atoms with Gasteiger partial charge in [-0.1, -0.05) is 51.1 Å². The molecule has 10 heteroatoms. The summed E-state index contributed by atoms with van der Waals surface area (Å²) in [4.78, 5) is 39.2. The zero-order chi connectivity index (χ0) is 29.6. The quantitative estimate of drug-likeness (QED) is 0.450. The smallest absolute Gasteiger partial charge is 0.287 e. The first-order chi connectivity index (χ1) is 20.2. The molecule has 1 unspecified atom stereocenters. The second-order valence-corrected chi connectivity index (χ2v) is 12.0. The highest BCUT2D eigenvalue weighted by molar-refractivity contribution is 5.92. The van der Waals surface area contributed by atoms with E-state index in [1.165, 1.54) is 0 Å². The molecule has 2 N–H and O–H groups in total. The van der Waals surface area contributed by atoms with Crippen molar-refractivity contribution in [3.63, 3.8) is 0 Å². The Bertz CT molecular complexity index is 1570. The van der Waals surface area contributed by atoms with Gasteiger partial charge in [0.25, 0.3) is 5.91 Å². The molecule has 2 aliphatic heterocycles. The van der Waals surface area contributed by atoms with Gasteiger partial charge in [0.2, 0.25) is 11.8 Å². The molecule has 3 aromatic rings. The van der Waals surface area contributed by atoms with Gasteiger partial charge in [-0.15, -0.1) is 0 Å². The molecule has 6 rings (SSSR count). The average molecular weight is 570 g/mol. The molecule has 220 valence electrons. The summed E-state index contributed by atoms with van der Waals surface area (Å²) < 4.78 is 8.09. The number of hydrogen-bond acceptors (Lipinski definition) is 7. The minimum Gasteiger partial charge on any atom is -0.439 e. The number of amides is 2. The van der Waals surface area contributed by atoms with Crippen LogP contribution < -0.4 is 10.6 Å². The van der Waals surface area contributed by atoms with Crippen LogP contribution in [0.5, 0.6) is 0 Å². The maximum absolute atomic E-state index is 13.4. The van der Waals surface area contributed by atoms with Gasteiger partial charge in [0.15, 0.2) is 5.82 Å². The summed E-state index contributed by atoms with van der Waals surface area (Å²) in [6.45, 7) is 10.0. The average Bonchev–Trinajstić information content (AvgIpc) is 3.66. The molecule has 1 atom stereocenters. The molecule has 42 heavy (non-hydrogen) atoms. The van der Waals surface area contributed by atoms with Gasteiger partial charge in [0, 0.05) is 43.2 Å². The first kappa shape index (κ1) is 28.1. The van der Waals surface area contributed by atoms with Crippen molar-refractivity contribution in [1.29, 1.82) is 0 Å². The predicted molar refractivity (Wildman–Crippen MR) is 160 cm³/mol. The van der Waals surface area contributed by atoms with Crippen molar-refractivity contribution in [2.45, 2.75) is 52.9 Å². The summed E-state index contributed by atoms with van der Waals surface area (Å²) >= 11 is 0. The van der Waals surface area contributed by atoms with E-state index in [2.05, 4.69) is 47.7 Å². The molecule has 2 aromatic heterocycles. The molecule has 0 spiro atoms. The number of nitrogens with zero attached hydrogens (tertiary/aromatic N) is 5. The largest absolute Gasteiger partial charge is 0.439 e. The van der Waals surface area contributed by atoms with Crippen LogP contribution in [-0.4, -0.2) is 68.9 Å². The van der Waals surface area contributed by atoms with E-state index < -0.39 is 0 Å². The molecule has 4 heterocycles. The highest BCUT2D eigenvalue weighted by Gasteiger charge is 2.36. The lowest BCUT2D eigenvalue weighted by Crippen LogP contribution is -2.46. The van der Waals surface area contributed by atoms with Crippen LogP contribution in [0.4, 0.5) is 0 Å². The van der Waals surface area contributed by atoms with E-state index in [0.29, 0.717) is 37.9 Å². The molecule has 1 aromatic carbocycles. The Kier molecular flexibility index (Phi) is 7.36. The van der Waals surface area contributed by atoms with Crippen molar-refractivity contribution in [2.24, 2.45) is 12.5 Å². The first-order valence-electron chi connectivity index (χ1n) is 14.7. The molecule has 3 aliphatic rings. The minimum atomic E-state index is -0.389. The van der Waals surface area contributed by atoms with Crippen LogP contribution >= 0.6 is 0 Å². The maximum Gasteiger partial charge on any atom is 0.287 e. The van der Waals surface area contributed by atoms with Crippen molar-refractivity contribution in [2.75, 3.05) is 26.7 Å². The fraction of sp³-hybridized carbons (Fsp3) is 0.438. The summed E-state index contributed by atoms with van der Waals surface area (Å²) in [6.07, 6.45) is 7.02. The maximum atomic E-state index is 13.4. The summed E-state index contributed by atoms with van der Waals surface area (Å²) in [5, 5.41) is 6.57. The molecule has 0 bridgehead atoms. The monoisotopic (exact) mass is 569 g/mol. The topological polar surface area (TPSA) is 109 Å². The number of benzene rings is 1. The van der Waals surface area contributed by atoms with Gasteiger partial charge in [-0.3, -0.25) is 14.5 Å². The Morgan fingerprint density at radius 2 is 2.00 bits per heavy atom. The lowest BCUT2D eigenvalue weighted by molar-refractivity contribution is -0.132. The number of aromatic nitrogens is 3. The number of imidazole rings is 1. The highest BCUT2D eigenvalue weighted by Crippen LogP contribution is 2.42. The van der Waals surface area contributed by atoms with Crippen molar-refractivity contribution in [3.8, 4) is 11.5 Å². The van der Waals surface area contributed by atoms with Crippen LogP contribution in [0.2, 0.25) is 0 Å². The molecule has 10 nitrogen and oxygen atoms in total. The van der Waals surface area contributed by atoms with Crippen LogP contribution in [0, 0.1) is 5.41 Å². The molecule has 0 radical (unpaired) electrons. The Morgan fingerprint density at radius 1 is 1.19 bits per heavy atom. The van der Waals surface area contributed by atoms with Gasteiger partial charge in [-0.25, -0.2) is 9.97 Å². The SMILES string of the molecule is CCN(C)CC(=O)N1Cc2nc(-c3cccc(C4=CC=CC(NC(=O)c5nc6c(n5C)CCNC6)C4(C)C)c3)oc2C1. The highest BCUT2D eigenvalue weighted by atomic mass is 16.4. The molecule has 1 aliphatic carbocycles. The second-order valence-electron chi connectivity index (χ2n) is 12.0. The third-order valence-corrected chi connectivity index (χ3v) is 8.83. The fourth-order valence-electron chi connectivity index (χ4n) is 6.05. The molecular weight excluding hydrogens is 530 g/mol. The van der Waals surface area contributed by atoms with Crippen molar-refractivity contribution < 1.29 is 14.0 Å². The number of nitrogens with one attached hydrogen (secondary N) is 2. The molecule has 0 fully saturated rings. The number of oxazole rings is 1. The first-order valence-corrected chi connectivity index (χ1v) is 14.7. The number of carbonyl (C=O) groups excluding carboxylic acids is 2. The van der Waals surface area contributed by atoms with Gasteiger partial charge in [-0.05, 0) is 36.9 Å². The van der Waals surface area contributed by atoms with Crippen molar-refractivity contribution in [3.05, 3.63) is 76.7 Å². The van der Waals surface area contributed by atoms with Crippen LogP contribution in [0.1, 0.15) is 59.8 Å². The number of rotatable bonds is 7. The number of hydrogen-bond donors (Lipinski definition) is 2. The van der Waals surface area contributed by atoms with Crippen LogP contribution in [-0.2, 0) is 37.9 Å². The third-order valence-electron chi connectivity index (χ3n) is 8.83. The van der Waals surface area contributed by atoms with E-state index in [4.69, 9.17) is 9.40 Å². The van der Waals surface area contributed by atoms with E-state index in [1.807, 2.05) is 54.8 Å². The number of allylic oxidation sites excluding steroid dienone is 2. The zero-order valence-electron chi connectivity index (χ0n) is 25.0. The zero-order valence-corrected chi connectivity index (χ0v) is 25.0. The summed E-state index contributed by atoms with van der Waals surface area (Å²) in [5.74, 6) is 1.66. The number of carbonyl (C=O) groups is 2. The fourth-order valence-corrected chi connectivity index (χ4v) is 6.05. The van der Waals surface area contributed by atoms with Gasteiger partial charge >= 0.3 is 0 Å². The lowest BCUT2D eigenvalue weighted by atomic mass is 9.71. The Hall–Kier alpha value is -4.02. The summed E-state index contributed by atoms with van der Waals surface area (Å²) in [6, 6.07) is 7.95. The van der Waals surface area contributed by atoms with Crippen molar-refractivity contribution >= 4 is 17.4 Å². The van der Waals surface area contributed by atoms with Crippen LogP contribution in [0.3, 0.4) is 0 Å². The van der Waals surface area contributed by atoms with Crippen LogP contribution in [0.15, 0.2) is 46.9 Å². The molecule has 0 saturated carbocycles. The standard InChI is InChI=1S/C32H39N7O3/c1-6-37(4)19-28(40)39-17-24-26(18-39)42-31(35-24)21-10-7-9-20(15-21)22-11-8-12-27(32(22,2)3)36-30(41)29-34-23-16-33-14-13-25(23)38(29)5/h7-12,15,27,33H,6,13-14,16-19H2,1-5H3,(H,36,41). The van der Waals surface area contributed by atoms with Gasteiger partial charge in [-0.2, -0.15) is 0 Å². The number of fused-ring (bicyclic) bond motifs is 2. The van der Waals surface area contributed by atoms with E-state index in [1.54, 1.807) is 4.90 Å². The lowest BCUT2D eigenvalue weighted by Gasteiger charge is -2.37. The third kappa shape index (κ3) is 5.09. The minimum absolute atomic E-state index is 0.0804. The van der Waals surface area contributed by atoms with E-state index in [9.17, 15) is 9.59 Å². The number of likely N-dealkylation sites (N-methyl/N-ethyl adjacent to an activating group) is 1. The summed E-state index contributed by atoms with van der Waals surface area (Å²) in [5.41, 5.74) is 5.53. The van der Waals surface area contributed by atoms with E-state index in [-0.39, 0.29) is 23.3 Å². The van der Waals surface area contributed by atoms with E-state index in [0.717, 1.165) is 59.1 Å². The van der Waals surface area contributed by atoms with Crippen LogP contribution in [0.25, 0.3) is 17.0 Å². The van der Waals surface area contributed by atoms with Crippen molar-refractivity contribution in [1.82, 2.24) is 35.0 Å². The summed E-state index contributed by atoms with van der Waals surface area (Å²) in [7, 11) is 3.86. The van der Waals surface area contributed by atoms with E-state index >= 15 is 0 Å². The second kappa shape index (κ2) is 11.0. The van der Waals surface area contributed by atoms with Gasteiger partial charge in [0.1, 0.15) is 11.5 Å². The normalized spacial score (nSPS) is 19.0. The Morgan fingerprint density at radius 3 is 2.76 bits per heavy atom.